The van der Waals surface area contributed by atoms with Crippen molar-refractivity contribution in [3.8, 4) is 0 Å². The first-order chi connectivity index (χ1) is 4.75. The summed E-state index contributed by atoms with van der Waals surface area (Å²) in [5.41, 5.74) is 2.15. The molecular weight excluding hydrogens is 122 g/mol. The first-order valence-electron chi connectivity index (χ1n) is 3.52. The fourth-order valence-corrected chi connectivity index (χ4v) is 1.19. The second kappa shape index (κ2) is 2.74. The Bertz CT molecular complexity index is 179. The lowest BCUT2D eigenvalue weighted by atomic mass is 10.3. The van der Waals surface area contributed by atoms with Crippen LogP contribution in [0.25, 0.3) is 0 Å². The zero-order valence-electron chi connectivity index (χ0n) is 6.27. The number of hydrogen-bond acceptors (Lipinski definition) is 1. The zero-order chi connectivity index (χ0) is 7.56. The summed E-state index contributed by atoms with van der Waals surface area (Å²) in [5, 5.41) is 0. The van der Waals surface area contributed by atoms with E-state index in [0.717, 1.165) is 18.7 Å². The molecule has 10 heavy (non-hydrogen) atoms. The van der Waals surface area contributed by atoms with Gasteiger partial charge in [-0.05, 0) is 18.9 Å². The Morgan fingerprint density at radius 2 is 2.30 bits per heavy atom. The van der Waals surface area contributed by atoms with E-state index >= 15 is 0 Å². The van der Waals surface area contributed by atoms with Crippen LogP contribution in [0.5, 0.6) is 0 Å². The largest absolute Gasteiger partial charge is 0.346 e. The minimum atomic E-state index is 0.975. The molecule has 0 spiro atoms. The van der Waals surface area contributed by atoms with Crippen LogP contribution in [0.15, 0.2) is 37.2 Å². The van der Waals surface area contributed by atoms with Gasteiger partial charge in [0.1, 0.15) is 0 Å². The minimum Gasteiger partial charge on any atom is -0.346 e. The Labute approximate surface area is 62.3 Å². The average molecular weight is 135 g/mol. The molecule has 54 valence electrons. The molecule has 1 saturated heterocycles. The molecule has 0 saturated carbocycles. The third-order valence-electron chi connectivity index (χ3n) is 1.81. The van der Waals surface area contributed by atoms with Gasteiger partial charge in [-0.15, -0.1) is 0 Å². The summed E-state index contributed by atoms with van der Waals surface area (Å²) >= 11 is 0. The number of nitrogens with zero attached hydrogens (tertiary/aromatic N) is 1. The van der Waals surface area contributed by atoms with Crippen molar-refractivity contribution in [3.05, 3.63) is 37.2 Å². The molecule has 1 heteroatoms. The van der Waals surface area contributed by atoms with Crippen LogP contribution in [0.1, 0.15) is 12.8 Å². The van der Waals surface area contributed by atoms with Crippen molar-refractivity contribution < 1.29 is 0 Å². The van der Waals surface area contributed by atoms with Crippen molar-refractivity contribution in [3.63, 3.8) is 0 Å². The van der Waals surface area contributed by atoms with E-state index in [-0.39, 0.29) is 0 Å². The maximum atomic E-state index is 3.92. The first kappa shape index (κ1) is 7.13. The van der Waals surface area contributed by atoms with Crippen molar-refractivity contribution in [1.29, 1.82) is 0 Å². The third-order valence-corrected chi connectivity index (χ3v) is 1.81. The van der Waals surface area contributed by atoms with Crippen LogP contribution in [0, 0.1) is 0 Å². The monoisotopic (exact) mass is 135 g/mol. The van der Waals surface area contributed by atoms with Crippen molar-refractivity contribution in [2.75, 3.05) is 6.54 Å². The highest BCUT2D eigenvalue weighted by Gasteiger charge is 2.14. The number of allylic oxidation sites excluding steroid dienone is 2. The smallest absolute Gasteiger partial charge is 0.0329 e. The van der Waals surface area contributed by atoms with Crippen molar-refractivity contribution >= 4 is 0 Å². The van der Waals surface area contributed by atoms with Gasteiger partial charge in [0.25, 0.3) is 0 Å². The van der Waals surface area contributed by atoms with Crippen molar-refractivity contribution in [2.24, 2.45) is 0 Å². The van der Waals surface area contributed by atoms with Gasteiger partial charge in [0.2, 0.25) is 0 Å². The summed E-state index contributed by atoms with van der Waals surface area (Å²) in [5.74, 6) is 0. The minimum absolute atomic E-state index is 0.975. The lowest BCUT2D eigenvalue weighted by Gasteiger charge is -2.18. The summed E-state index contributed by atoms with van der Waals surface area (Å²) in [6.07, 6.45) is 4.08. The van der Waals surface area contributed by atoms with E-state index in [1.807, 2.05) is 0 Å². The van der Waals surface area contributed by atoms with Gasteiger partial charge >= 0.3 is 0 Å². The maximum Gasteiger partial charge on any atom is 0.0329 e. The fraction of sp³-hybridized carbons (Fsp3) is 0.333. The summed E-state index contributed by atoms with van der Waals surface area (Å²) < 4.78 is 0. The van der Waals surface area contributed by atoms with Crippen molar-refractivity contribution in [1.82, 2.24) is 4.90 Å². The maximum absolute atomic E-state index is 3.92. The second-order valence-corrected chi connectivity index (χ2v) is 2.52. The van der Waals surface area contributed by atoms with Crippen LogP contribution >= 0.6 is 0 Å². The highest BCUT2D eigenvalue weighted by atomic mass is 15.2. The average Bonchev–Trinajstić information content (AvgIpc) is 2.34. The fourth-order valence-electron chi connectivity index (χ4n) is 1.19. The quantitative estimate of drug-likeness (QED) is 0.525. The highest BCUT2D eigenvalue weighted by molar-refractivity contribution is 5.19. The Morgan fingerprint density at radius 3 is 2.70 bits per heavy atom. The summed E-state index contributed by atoms with van der Waals surface area (Å²) in [4.78, 5) is 2.12. The van der Waals surface area contributed by atoms with Gasteiger partial charge in [-0.2, -0.15) is 0 Å². The normalized spacial score (nSPS) is 17.6. The standard InChI is InChI=1S/C9H13N/c1-4-8(2)10-7-5-6-9(10)3/h4H,1-3,5-7H2. The molecule has 0 atom stereocenters. The Balaban J connectivity index is 2.63. The predicted octanol–water partition coefficient (Wildman–Crippen LogP) is 2.30. The van der Waals surface area contributed by atoms with E-state index in [1.54, 1.807) is 6.08 Å². The van der Waals surface area contributed by atoms with Gasteiger partial charge in [0.15, 0.2) is 0 Å². The van der Waals surface area contributed by atoms with Gasteiger partial charge in [0, 0.05) is 17.9 Å². The second-order valence-electron chi connectivity index (χ2n) is 2.52. The molecule has 0 amide bonds. The molecule has 1 aliphatic rings. The molecule has 0 aliphatic carbocycles. The Kier molecular flexibility index (Phi) is 1.95. The lowest BCUT2D eigenvalue weighted by molar-refractivity contribution is 0.508. The van der Waals surface area contributed by atoms with Gasteiger partial charge in [0.05, 0.1) is 0 Å². The Morgan fingerprint density at radius 1 is 1.60 bits per heavy atom. The van der Waals surface area contributed by atoms with Crippen LogP contribution in [-0.4, -0.2) is 11.4 Å². The van der Waals surface area contributed by atoms with Gasteiger partial charge < -0.3 is 4.90 Å². The van der Waals surface area contributed by atoms with Gasteiger partial charge in [-0.3, -0.25) is 0 Å². The Hall–Kier alpha value is -0.980. The number of likely N-dealkylation sites (tertiary alicyclic amines) is 1. The zero-order valence-corrected chi connectivity index (χ0v) is 6.27. The van der Waals surface area contributed by atoms with Crippen molar-refractivity contribution in [2.45, 2.75) is 12.8 Å². The molecule has 1 fully saturated rings. The molecule has 1 nitrogen and oxygen atoms in total. The molecule has 0 bridgehead atoms. The summed E-state index contributed by atoms with van der Waals surface area (Å²) in [6, 6.07) is 0. The molecule has 0 N–H and O–H groups in total. The molecular formula is C9H13N. The summed E-state index contributed by atoms with van der Waals surface area (Å²) in [6.45, 7) is 12.5. The molecule has 0 aromatic carbocycles. The molecule has 1 rings (SSSR count). The molecule has 0 aromatic heterocycles. The molecule has 1 heterocycles. The molecule has 1 aliphatic heterocycles. The lowest BCUT2D eigenvalue weighted by Crippen LogP contribution is -2.13. The SMILES string of the molecule is C=CC(=C)N1CCCC1=C. The van der Waals surface area contributed by atoms with Crippen LogP contribution in [-0.2, 0) is 0 Å². The van der Waals surface area contributed by atoms with Gasteiger partial charge in [-0.25, -0.2) is 0 Å². The molecule has 0 radical (unpaired) electrons. The van der Waals surface area contributed by atoms with Crippen LogP contribution < -0.4 is 0 Å². The van der Waals surface area contributed by atoms with Crippen LogP contribution in [0.4, 0.5) is 0 Å². The van der Waals surface area contributed by atoms with E-state index in [9.17, 15) is 0 Å². The topological polar surface area (TPSA) is 3.24 Å². The number of rotatable bonds is 2. The third kappa shape index (κ3) is 1.13. The van der Waals surface area contributed by atoms with Crippen LogP contribution in [0.3, 0.4) is 0 Å². The van der Waals surface area contributed by atoms with E-state index in [1.165, 1.54) is 12.1 Å². The number of hydrogen-bond donors (Lipinski definition) is 0. The van der Waals surface area contributed by atoms with Gasteiger partial charge in [-0.1, -0.05) is 19.7 Å². The van der Waals surface area contributed by atoms with Crippen LogP contribution in [0.2, 0.25) is 0 Å². The van der Waals surface area contributed by atoms with E-state index in [0.29, 0.717) is 0 Å². The highest BCUT2D eigenvalue weighted by Crippen LogP contribution is 2.22. The summed E-state index contributed by atoms with van der Waals surface area (Å²) in [7, 11) is 0. The van der Waals surface area contributed by atoms with E-state index < -0.39 is 0 Å². The first-order valence-corrected chi connectivity index (χ1v) is 3.52. The predicted molar refractivity (Wildman–Crippen MR) is 44.4 cm³/mol. The molecule has 0 unspecified atom stereocenters. The van der Waals surface area contributed by atoms with E-state index in [4.69, 9.17) is 0 Å². The van der Waals surface area contributed by atoms with E-state index in [2.05, 4.69) is 24.6 Å². The molecule has 0 aromatic rings.